The van der Waals surface area contributed by atoms with E-state index in [1.165, 1.54) is 22.5 Å². The molecule has 1 aliphatic heterocycles. The maximum absolute atomic E-state index is 13.2. The molecule has 6 heteroatoms. The number of fused-ring (bicyclic) bond motifs is 1. The lowest BCUT2D eigenvalue weighted by molar-refractivity contribution is 0.102. The molecule has 0 spiro atoms. The molecule has 2 heterocycles. The van der Waals surface area contributed by atoms with E-state index in [2.05, 4.69) is 34.5 Å². The van der Waals surface area contributed by atoms with E-state index in [9.17, 15) is 4.79 Å². The van der Waals surface area contributed by atoms with Crippen molar-refractivity contribution in [2.45, 2.75) is 25.7 Å². The molecule has 2 aliphatic rings. The number of hydrogen-bond donors (Lipinski definition) is 1. The molecule has 1 aromatic heterocycles. The number of rotatable bonds is 5. The topological polar surface area (TPSA) is 53.9 Å². The standard InChI is InChI=1S/C26H27N3O2S/c30-25(28-20-6-2-1-3-7-20)24-22-8-4-5-9-23(22)32-26(24)27-18-19-10-12-21(13-11-19)29-14-16-31-17-15-29/h1-3,6-7,10-13,18H,4-5,8-9,14-17H2,(H,28,30). The number of aliphatic imine (C=N–C) groups is 1. The van der Waals surface area contributed by atoms with E-state index >= 15 is 0 Å². The molecule has 0 saturated carbocycles. The maximum atomic E-state index is 13.2. The van der Waals surface area contributed by atoms with Gasteiger partial charge in [-0.05, 0) is 61.1 Å². The van der Waals surface area contributed by atoms with Gasteiger partial charge in [0.15, 0.2) is 0 Å². The monoisotopic (exact) mass is 445 g/mol. The number of nitrogens with one attached hydrogen (secondary N) is 1. The summed E-state index contributed by atoms with van der Waals surface area (Å²) in [4.78, 5) is 21.6. The minimum absolute atomic E-state index is 0.0644. The molecule has 1 fully saturated rings. The van der Waals surface area contributed by atoms with Crippen LogP contribution in [0.25, 0.3) is 0 Å². The van der Waals surface area contributed by atoms with Gasteiger partial charge in [0.25, 0.3) is 5.91 Å². The molecule has 3 aromatic rings. The van der Waals surface area contributed by atoms with Crippen molar-refractivity contribution in [2.24, 2.45) is 4.99 Å². The maximum Gasteiger partial charge on any atom is 0.259 e. The van der Waals surface area contributed by atoms with Gasteiger partial charge < -0.3 is 15.0 Å². The fourth-order valence-electron chi connectivity index (χ4n) is 4.32. The normalized spacial score (nSPS) is 16.2. The number of benzene rings is 2. The molecule has 0 atom stereocenters. The number of aryl methyl sites for hydroxylation is 1. The summed E-state index contributed by atoms with van der Waals surface area (Å²) < 4.78 is 5.44. The Morgan fingerprint density at radius 1 is 1.00 bits per heavy atom. The number of morpholine rings is 1. The third-order valence-corrected chi connectivity index (χ3v) is 7.21. The SMILES string of the molecule is O=C(Nc1ccccc1)c1c(N=Cc2ccc(N3CCOCC3)cc2)sc2c1CCCC2. The molecular formula is C26H27N3O2S. The molecule has 0 radical (unpaired) electrons. The van der Waals surface area contributed by atoms with Crippen molar-refractivity contribution in [3.63, 3.8) is 0 Å². The first kappa shape index (κ1) is 20.9. The highest BCUT2D eigenvalue weighted by atomic mass is 32.1. The minimum Gasteiger partial charge on any atom is -0.378 e. The lowest BCUT2D eigenvalue weighted by Crippen LogP contribution is -2.36. The van der Waals surface area contributed by atoms with Gasteiger partial charge in [-0.25, -0.2) is 4.99 Å². The molecule has 0 unspecified atom stereocenters. The third-order valence-electron chi connectivity index (χ3n) is 6.01. The van der Waals surface area contributed by atoms with Crippen molar-refractivity contribution in [1.82, 2.24) is 0 Å². The predicted molar refractivity (Wildman–Crippen MR) is 132 cm³/mol. The Bertz CT molecular complexity index is 1100. The number of nitrogens with zero attached hydrogens (tertiary/aromatic N) is 2. The van der Waals surface area contributed by atoms with Crippen LogP contribution in [0, 0.1) is 0 Å². The van der Waals surface area contributed by atoms with Crippen LogP contribution in [0.5, 0.6) is 0 Å². The summed E-state index contributed by atoms with van der Waals surface area (Å²) in [5.74, 6) is -0.0644. The number of anilines is 2. The second kappa shape index (κ2) is 9.67. The predicted octanol–water partition coefficient (Wildman–Crippen LogP) is 5.47. The fraction of sp³-hybridized carbons (Fsp3) is 0.308. The second-order valence-corrected chi connectivity index (χ2v) is 9.24. The second-order valence-electron chi connectivity index (χ2n) is 8.16. The molecule has 1 aliphatic carbocycles. The molecule has 5 nitrogen and oxygen atoms in total. The largest absolute Gasteiger partial charge is 0.378 e. The van der Waals surface area contributed by atoms with Crippen molar-refractivity contribution < 1.29 is 9.53 Å². The van der Waals surface area contributed by atoms with Crippen molar-refractivity contribution in [3.05, 3.63) is 76.2 Å². The zero-order chi connectivity index (χ0) is 21.8. The van der Waals surface area contributed by atoms with E-state index in [1.54, 1.807) is 11.3 Å². The van der Waals surface area contributed by atoms with Crippen LogP contribution in [0.1, 0.15) is 39.2 Å². The fourth-order valence-corrected chi connectivity index (χ4v) is 5.55. The highest BCUT2D eigenvalue weighted by Gasteiger charge is 2.25. The Morgan fingerprint density at radius 2 is 1.75 bits per heavy atom. The molecule has 1 N–H and O–H groups in total. The van der Waals surface area contributed by atoms with Gasteiger partial charge in [-0.3, -0.25) is 4.79 Å². The average molecular weight is 446 g/mol. The number of amides is 1. The minimum atomic E-state index is -0.0644. The zero-order valence-electron chi connectivity index (χ0n) is 18.0. The van der Waals surface area contributed by atoms with E-state index in [1.807, 2.05) is 36.5 Å². The highest BCUT2D eigenvalue weighted by molar-refractivity contribution is 7.16. The molecular weight excluding hydrogens is 418 g/mol. The Balaban J connectivity index is 1.38. The van der Waals surface area contributed by atoms with E-state index in [4.69, 9.17) is 9.73 Å². The van der Waals surface area contributed by atoms with E-state index in [0.29, 0.717) is 0 Å². The highest BCUT2D eigenvalue weighted by Crippen LogP contribution is 2.40. The summed E-state index contributed by atoms with van der Waals surface area (Å²) in [6.07, 6.45) is 6.17. The van der Waals surface area contributed by atoms with Gasteiger partial charge in [0, 0.05) is 35.6 Å². The van der Waals surface area contributed by atoms with Gasteiger partial charge in [0.05, 0.1) is 18.8 Å². The number of carbonyl (C=O) groups excluding carboxylic acids is 1. The van der Waals surface area contributed by atoms with E-state index in [-0.39, 0.29) is 5.91 Å². The van der Waals surface area contributed by atoms with Crippen LogP contribution in [-0.2, 0) is 17.6 Å². The number of thiophene rings is 1. The first-order valence-electron chi connectivity index (χ1n) is 11.3. The third kappa shape index (κ3) is 4.61. The van der Waals surface area contributed by atoms with E-state index in [0.717, 1.165) is 67.4 Å². The summed E-state index contributed by atoms with van der Waals surface area (Å²) in [7, 11) is 0. The Morgan fingerprint density at radius 3 is 2.53 bits per heavy atom. The number of para-hydroxylation sites is 1. The Labute approximate surface area is 192 Å². The van der Waals surface area contributed by atoms with Crippen LogP contribution in [0.2, 0.25) is 0 Å². The first-order valence-corrected chi connectivity index (χ1v) is 12.1. The first-order chi connectivity index (χ1) is 15.8. The van der Waals surface area contributed by atoms with Gasteiger partial charge in [-0.15, -0.1) is 11.3 Å². The lowest BCUT2D eigenvalue weighted by Gasteiger charge is -2.28. The molecule has 164 valence electrons. The number of ether oxygens (including phenoxy) is 1. The average Bonchev–Trinajstić information content (AvgIpc) is 3.23. The lowest BCUT2D eigenvalue weighted by atomic mass is 9.95. The van der Waals surface area contributed by atoms with Crippen molar-refractivity contribution in [1.29, 1.82) is 0 Å². The van der Waals surface area contributed by atoms with Gasteiger partial charge in [-0.1, -0.05) is 30.3 Å². The Hall–Kier alpha value is -2.96. The smallest absolute Gasteiger partial charge is 0.259 e. The van der Waals surface area contributed by atoms with Crippen LogP contribution in [0.3, 0.4) is 0 Å². The van der Waals surface area contributed by atoms with Crippen LogP contribution in [-0.4, -0.2) is 38.4 Å². The summed E-state index contributed by atoms with van der Waals surface area (Å²) in [6.45, 7) is 3.41. The van der Waals surface area contributed by atoms with Crippen LogP contribution >= 0.6 is 11.3 Å². The van der Waals surface area contributed by atoms with Gasteiger partial charge in [0.2, 0.25) is 0 Å². The Kier molecular flexibility index (Phi) is 6.32. The molecule has 5 rings (SSSR count). The zero-order valence-corrected chi connectivity index (χ0v) is 18.9. The number of hydrogen-bond acceptors (Lipinski definition) is 5. The van der Waals surface area contributed by atoms with Gasteiger partial charge in [0.1, 0.15) is 5.00 Å². The van der Waals surface area contributed by atoms with Crippen LogP contribution in [0.15, 0.2) is 59.6 Å². The molecule has 2 aromatic carbocycles. The molecule has 1 saturated heterocycles. The summed E-state index contributed by atoms with van der Waals surface area (Å²) in [5, 5.41) is 3.86. The van der Waals surface area contributed by atoms with Crippen molar-refractivity contribution in [3.8, 4) is 0 Å². The molecule has 1 amide bonds. The van der Waals surface area contributed by atoms with Crippen molar-refractivity contribution >= 4 is 39.8 Å². The quantitative estimate of drug-likeness (QED) is 0.530. The van der Waals surface area contributed by atoms with Crippen LogP contribution < -0.4 is 10.2 Å². The van der Waals surface area contributed by atoms with Gasteiger partial charge >= 0.3 is 0 Å². The summed E-state index contributed by atoms with van der Waals surface area (Å²) in [5.41, 5.74) is 4.98. The molecule has 32 heavy (non-hydrogen) atoms. The summed E-state index contributed by atoms with van der Waals surface area (Å²) >= 11 is 1.67. The van der Waals surface area contributed by atoms with Gasteiger partial charge in [-0.2, -0.15) is 0 Å². The van der Waals surface area contributed by atoms with E-state index < -0.39 is 0 Å². The molecule has 0 bridgehead atoms. The summed E-state index contributed by atoms with van der Waals surface area (Å²) in [6, 6.07) is 18.1. The number of carbonyl (C=O) groups is 1. The van der Waals surface area contributed by atoms with Crippen LogP contribution in [0.4, 0.5) is 16.4 Å². The van der Waals surface area contributed by atoms with Crippen molar-refractivity contribution in [2.75, 3.05) is 36.5 Å².